The highest BCUT2D eigenvalue weighted by Gasteiger charge is 2.35. The van der Waals surface area contributed by atoms with Crippen LogP contribution in [0.1, 0.15) is 66.7 Å². The van der Waals surface area contributed by atoms with E-state index in [1.54, 1.807) is 7.11 Å². The SMILES string of the molecule is COc1ccccc1N1CCN([C@@H](c2cc3c(C)ccc(C)c3[nH]c2=O)c2nnnn2C2CCCCC2)CC1. The van der Waals surface area contributed by atoms with Crippen LogP contribution in [0.2, 0.25) is 0 Å². The summed E-state index contributed by atoms with van der Waals surface area (Å²) in [6.45, 7) is 7.29. The molecule has 1 saturated carbocycles. The summed E-state index contributed by atoms with van der Waals surface area (Å²) in [6.07, 6.45) is 5.76. The minimum Gasteiger partial charge on any atom is -0.495 e. The van der Waals surface area contributed by atoms with Crippen LogP contribution in [0.5, 0.6) is 5.75 Å². The van der Waals surface area contributed by atoms with Crippen molar-refractivity contribution in [3.63, 3.8) is 0 Å². The summed E-state index contributed by atoms with van der Waals surface area (Å²) >= 11 is 0. The first kappa shape index (κ1) is 25.6. The van der Waals surface area contributed by atoms with E-state index in [-0.39, 0.29) is 17.6 Å². The Labute approximate surface area is 228 Å². The normalized spacial score (nSPS) is 18.0. The van der Waals surface area contributed by atoms with E-state index < -0.39 is 0 Å². The summed E-state index contributed by atoms with van der Waals surface area (Å²) in [5.74, 6) is 1.64. The van der Waals surface area contributed by atoms with E-state index >= 15 is 0 Å². The summed E-state index contributed by atoms with van der Waals surface area (Å²) in [4.78, 5) is 21.7. The molecule has 1 atom stereocenters. The van der Waals surface area contributed by atoms with Crippen molar-refractivity contribution >= 4 is 16.6 Å². The Morgan fingerprint density at radius 1 is 0.974 bits per heavy atom. The smallest absolute Gasteiger partial charge is 0.253 e. The molecule has 6 rings (SSSR count). The van der Waals surface area contributed by atoms with Crippen molar-refractivity contribution in [1.82, 2.24) is 30.1 Å². The lowest BCUT2D eigenvalue weighted by molar-refractivity contribution is 0.192. The van der Waals surface area contributed by atoms with Gasteiger partial charge in [0.15, 0.2) is 5.82 Å². The number of rotatable bonds is 6. The first-order chi connectivity index (χ1) is 19.0. The zero-order chi connectivity index (χ0) is 26.9. The quantitative estimate of drug-likeness (QED) is 0.393. The molecule has 204 valence electrons. The zero-order valence-corrected chi connectivity index (χ0v) is 23.1. The van der Waals surface area contributed by atoms with Crippen molar-refractivity contribution in [2.45, 2.75) is 58.0 Å². The van der Waals surface area contributed by atoms with Crippen LogP contribution < -0.4 is 15.2 Å². The predicted octanol–water partition coefficient (Wildman–Crippen LogP) is 4.56. The van der Waals surface area contributed by atoms with Crippen molar-refractivity contribution in [3.8, 4) is 5.75 Å². The minimum atomic E-state index is -0.338. The van der Waals surface area contributed by atoms with Crippen LogP contribution in [0.15, 0.2) is 47.3 Å². The molecule has 2 aliphatic rings. The molecule has 4 aromatic rings. The molecular formula is C30H37N7O2. The molecule has 0 bridgehead atoms. The fraction of sp³-hybridized carbons (Fsp3) is 0.467. The summed E-state index contributed by atoms with van der Waals surface area (Å²) in [7, 11) is 1.71. The highest BCUT2D eigenvalue weighted by molar-refractivity contribution is 5.85. The van der Waals surface area contributed by atoms with Gasteiger partial charge in [0.2, 0.25) is 0 Å². The maximum atomic E-state index is 13.7. The van der Waals surface area contributed by atoms with E-state index in [2.05, 4.69) is 61.5 Å². The molecule has 9 nitrogen and oxygen atoms in total. The third-order valence-electron chi connectivity index (χ3n) is 8.56. The molecule has 0 unspecified atom stereocenters. The predicted molar refractivity (Wildman–Crippen MR) is 153 cm³/mol. The fourth-order valence-corrected chi connectivity index (χ4v) is 6.37. The van der Waals surface area contributed by atoms with Gasteiger partial charge in [-0.05, 0) is 66.4 Å². The Morgan fingerprint density at radius 2 is 1.72 bits per heavy atom. The number of fused-ring (bicyclic) bond motifs is 1. The van der Waals surface area contributed by atoms with Gasteiger partial charge in [0.05, 0.1) is 24.4 Å². The lowest BCUT2D eigenvalue weighted by Gasteiger charge is -2.40. The van der Waals surface area contributed by atoms with Gasteiger partial charge < -0.3 is 14.6 Å². The number of hydrogen-bond donors (Lipinski definition) is 1. The average molecular weight is 528 g/mol. The van der Waals surface area contributed by atoms with E-state index in [1.807, 2.05) is 29.8 Å². The number of piperazine rings is 1. The molecule has 0 amide bonds. The summed E-state index contributed by atoms with van der Waals surface area (Å²) in [6, 6.07) is 14.3. The zero-order valence-electron chi connectivity index (χ0n) is 23.1. The molecule has 1 aliphatic carbocycles. The third-order valence-corrected chi connectivity index (χ3v) is 8.56. The number of H-pyrrole nitrogens is 1. The van der Waals surface area contributed by atoms with Crippen molar-refractivity contribution in [3.05, 3.63) is 75.3 Å². The van der Waals surface area contributed by atoms with Crippen molar-refractivity contribution in [2.24, 2.45) is 0 Å². The first-order valence-electron chi connectivity index (χ1n) is 14.1. The van der Waals surface area contributed by atoms with Gasteiger partial charge in [0.1, 0.15) is 11.8 Å². The van der Waals surface area contributed by atoms with Crippen LogP contribution in [0.3, 0.4) is 0 Å². The molecule has 9 heteroatoms. The summed E-state index contributed by atoms with van der Waals surface area (Å²) in [5.41, 5.74) is 4.82. The molecule has 1 N–H and O–H groups in total. The van der Waals surface area contributed by atoms with Crippen molar-refractivity contribution in [2.75, 3.05) is 38.2 Å². The summed E-state index contributed by atoms with van der Waals surface area (Å²) < 4.78 is 7.65. The maximum Gasteiger partial charge on any atom is 0.253 e. The fourth-order valence-electron chi connectivity index (χ4n) is 6.37. The maximum absolute atomic E-state index is 13.7. The van der Waals surface area contributed by atoms with Crippen LogP contribution in [0.25, 0.3) is 10.9 Å². The Hall–Kier alpha value is -3.72. The van der Waals surface area contributed by atoms with E-state index in [1.165, 1.54) is 19.3 Å². The van der Waals surface area contributed by atoms with Crippen molar-refractivity contribution < 1.29 is 4.74 Å². The van der Waals surface area contributed by atoms with Gasteiger partial charge in [0, 0.05) is 37.1 Å². The number of ether oxygens (including phenoxy) is 1. The number of hydrogen-bond acceptors (Lipinski definition) is 7. The van der Waals surface area contributed by atoms with E-state index in [9.17, 15) is 4.79 Å². The van der Waals surface area contributed by atoms with Crippen LogP contribution >= 0.6 is 0 Å². The number of nitrogens with zero attached hydrogens (tertiary/aromatic N) is 6. The van der Waals surface area contributed by atoms with E-state index in [0.29, 0.717) is 5.56 Å². The molecule has 1 aliphatic heterocycles. The molecule has 2 aromatic carbocycles. The Bertz CT molecular complexity index is 1510. The van der Waals surface area contributed by atoms with Gasteiger partial charge in [-0.1, -0.05) is 43.5 Å². The number of para-hydroxylation sites is 2. The topological polar surface area (TPSA) is 92.2 Å². The van der Waals surface area contributed by atoms with Crippen LogP contribution in [0.4, 0.5) is 5.69 Å². The lowest BCUT2D eigenvalue weighted by Crippen LogP contribution is -2.49. The van der Waals surface area contributed by atoms with Gasteiger partial charge >= 0.3 is 0 Å². The number of pyridine rings is 1. The Morgan fingerprint density at radius 3 is 2.49 bits per heavy atom. The highest BCUT2D eigenvalue weighted by Crippen LogP contribution is 2.35. The van der Waals surface area contributed by atoms with Gasteiger partial charge in [-0.3, -0.25) is 9.69 Å². The number of methoxy groups -OCH3 is 1. The molecule has 2 fully saturated rings. The molecule has 3 heterocycles. The number of benzene rings is 2. The standard InChI is InChI=1S/C30H37N7O2/c1-20-13-14-21(2)27-23(20)19-24(30(38)31-27)28(29-32-33-34-37(29)22-9-5-4-6-10-22)36-17-15-35(16-18-36)25-11-7-8-12-26(25)39-3/h7-8,11-14,19,22,28H,4-6,9-10,15-18H2,1-3H3,(H,31,38)/t28-/m0/s1. The van der Waals surface area contributed by atoms with E-state index in [4.69, 9.17) is 4.74 Å². The number of nitrogens with one attached hydrogen (secondary N) is 1. The minimum absolute atomic E-state index is 0.0773. The number of anilines is 1. The molecule has 2 aromatic heterocycles. The molecule has 1 saturated heterocycles. The first-order valence-corrected chi connectivity index (χ1v) is 14.1. The van der Waals surface area contributed by atoms with Crippen LogP contribution in [-0.4, -0.2) is 63.4 Å². The van der Waals surface area contributed by atoms with E-state index in [0.717, 1.165) is 78.3 Å². The third kappa shape index (κ3) is 4.80. The number of tetrazole rings is 1. The Balaban J connectivity index is 1.41. The van der Waals surface area contributed by atoms with Crippen LogP contribution in [-0.2, 0) is 0 Å². The Kier molecular flexibility index (Phi) is 7.08. The molecule has 0 radical (unpaired) electrons. The second-order valence-electron chi connectivity index (χ2n) is 10.9. The lowest BCUT2D eigenvalue weighted by atomic mass is 9.94. The van der Waals surface area contributed by atoms with Crippen LogP contribution in [0, 0.1) is 13.8 Å². The van der Waals surface area contributed by atoms with Gasteiger partial charge in [-0.2, -0.15) is 0 Å². The molecular weight excluding hydrogens is 490 g/mol. The van der Waals surface area contributed by atoms with Gasteiger partial charge in [0.25, 0.3) is 5.56 Å². The summed E-state index contributed by atoms with van der Waals surface area (Å²) in [5, 5.41) is 14.3. The molecule has 39 heavy (non-hydrogen) atoms. The second-order valence-corrected chi connectivity index (χ2v) is 10.9. The largest absolute Gasteiger partial charge is 0.495 e. The molecule has 0 spiro atoms. The number of aromatic amines is 1. The second kappa shape index (κ2) is 10.8. The number of aromatic nitrogens is 5. The van der Waals surface area contributed by atoms with Gasteiger partial charge in [-0.25, -0.2) is 4.68 Å². The highest BCUT2D eigenvalue weighted by atomic mass is 16.5. The monoisotopic (exact) mass is 527 g/mol. The van der Waals surface area contributed by atoms with Gasteiger partial charge in [-0.15, -0.1) is 5.10 Å². The van der Waals surface area contributed by atoms with Crippen molar-refractivity contribution in [1.29, 1.82) is 0 Å². The average Bonchev–Trinajstić information content (AvgIpc) is 3.46. The number of aryl methyl sites for hydroxylation is 2.